The molecule has 2 rings (SSSR count). The molecule has 2 fully saturated rings. The van der Waals surface area contributed by atoms with E-state index in [0.29, 0.717) is 17.6 Å². The van der Waals surface area contributed by atoms with Crippen LogP contribution in [0.2, 0.25) is 0 Å². The van der Waals surface area contributed by atoms with Crippen LogP contribution in [0.5, 0.6) is 0 Å². The first-order chi connectivity index (χ1) is 10.8. The quantitative estimate of drug-likeness (QED) is 0.251. The minimum Gasteiger partial charge on any atom is -0.382 e. The number of hydrogen-bond donors (Lipinski definition) is 2. The number of nitrogens with one attached hydrogen (secondary N) is 2. The first-order valence-corrected chi connectivity index (χ1v) is 9.01. The fourth-order valence-electron chi connectivity index (χ4n) is 3.63. The van der Waals surface area contributed by atoms with E-state index in [0.717, 1.165) is 51.7 Å². The fourth-order valence-corrected chi connectivity index (χ4v) is 3.63. The van der Waals surface area contributed by atoms with Gasteiger partial charge in [0.05, 0.1) is 6.10 Å². The smallest absolute Gasteiger partial charge is 0.191 e. The van der Waals surface area contributed by atoms with Gasteiger partial charge < -0.3 is 20.1 Å². The lowest BCUT2D eigenvalue weighted by atomic mass is 9.51. The molecule has 6 heteroatoms. The number of rotatable bonds is 9. The monoisotopic (exact) mass is 439 g/mol. The second-order valence-corrected chi connectivity index (χ2v) is 6.27. The van der Waals surface area contributed by atoms with E-state index < -0.39 is 0 Å². The number of hydrogen-bond acceptors (Lipinski definition) is 3. The summed E-state index contributed by atoms with van der Waals surface area (Å²) >= 11 is 0. The topological polar surface area (TPSA) is 54.9 Å². The Balaban J connectivity index is 0.00000264. The van der Waals surface area contributed by atoms with Gasteiger partial charge in [0.1, 0.15) is 0 Å². The van der Waals surface area contributed by atoms with Crippen LogP contribution in [0.1, 0.15) is 52.9 Å². The summed E-state index contributed by atoms with van der Waals surface area (Å²) in [6.07, 6.45) is 6.45. The van der Waals surface area contributed by atoms with E-state index in [-0.39, 0.29) is 24.0 Å². The van der Waals surface area contributed by atoms with Crippen molar-refractivity contribution in [2.75, 3.05) is 32.9 Å². The van der Waals surface area contributed by atoms with Crippen molar-refractivity contribution < 1.29 is 9.47 Å². The molecule has 2 N–H and O–H groups in total. The van der Waals surface area contributed by atoms with Crippen LogP contribution >= 0.6 is 24.0 Å². The molecule has 0 aliphatic heterocycles. The standard InChI is InChI=1S/C17H33N3O2.HI/c1-4-18-16(19-11-8-12-21-5-2)20-14-13-15(22-6-3)17(14)9-7-10-17;/h14-15H,4-13H2,1-3H3,(H2,18,19,20);1H. The van der Waals surface area contributed by atoms with Crippen molar-refractivity contribution in [1.82, 2.24) is 10.6 Å². The van der Waals surface area contributed by atoms with E-state index in [2.05, 4.69) is 29.5 Å². The zero-order valence-corrected chi connectivity index (χ0v) is 17.2. The van der Waals surface area contributed by atoms with Crippen molar-refractivity contribution in [3.8, 4) is 0 Å². The van der Waals surface area contributed by atoms with Crippen LogP contribution < -0.4 is 10.6 Å². The number of ether oxygens (including phenoxy) is 2. The van der Waals surface area contributed by atoms with Gasteiger partial charge in [-0.1, -0.05) is 6.42 Å². The first kappa shape index (κ1) is 21.0. The van der Waals surface area contributed by atoms with Gasteiger partial charge in [-0.3, -0.25) is 4.99 Å². The van der Waals surface area contributed by atoms with Crippen LogP contribution in [-0.2, 0) is 9.47 Å². The minimum atomic E-state index is 0. The first-order valence-electron chi connectivity index (χ1n) is 9.01. The Morgan fingerprint density at radius 1 is 1.22 bits per heavy atom. The van der Waals surface area contributed by atoms with E-state index in [9.17, 15) is 0 Å². The molecule has 0 heterocycles. The van der Waals surface area contributed by atoms with Crippen LogP contribution in [0.25, 0.3) is 0 Å². The molecule has 2 atom stereocenters. The molecular weight excluding hydrogens is 405 g/mol. The van der Waals surface area contributed by atoms with Crippen molar-refractivity contribution in [3.63, 3.8) is 0 Å². The van der Waals surface area contributed by atoms with E-state index in [4.69, 9.17) is 9.47 Å². The lowest BCUT2D eigenvalue weighted by molar-refractivity contribution is -0.168. The summed E-state index contributed by atoms with van der Waals surface area (Å²) in [5.41, 5.74) is 0.373. The van der Waals surface area contributed by atoms with E-state index in [1.165, 1.54) is 19.3 Å². The highest BCUT2D eigenvalue weighted by Gasteiger charge is 2.59. The highest BCUT2D eigenvalue weighted by molar-refractivity contribution is 14.0. The van der Waals surface area contributed by atoms with E-state index in [1.54, 1.807) is 0 Å². The Kier molecular flexibility index (Phi) is 9.77. The number of nitrogens with zero attached hydrogens (tertiary/aromatic N) is 1. The Hall–Kier alpha value is -0.0800. The third kappa shape index (κ3) is 5.19. The van der Waals surface area contributed by atoms with Gasteiger partial charge in [0.2, 0.25) is 0 Å². The van der Waals surface area contributed by atoms with Gasteiger partial charge in [0, 0.05) is 44.4 Å². The van der Waals surface area contributed by atoms with Crippen LogP contribution in [0.4, 0.5) is 0 Å². The Bertz CT molecular complexity index is 362. The summed E-state index contributed by atoms with van der Waals surface area (Å²) in [5, 5.41) is 7.01. The molecule has 2 aliphatic rings. The van der Waals surface area contributed by atoms with Crippen molar-refractivity contribution in [2.45, 2.75) is 65.0 Å². The van der Waals surface area contributed by atoms with Gasteiger partial charge in [0.25, 0.3) is 0 Å². The van der Waals surface area contributed by atoms with Crippen molar-refractivity contribution in [1.29, 1.82) is 0 Å². The third-order valence-corrected chi connectivity index (χ3v) is 5.01. The lowest BCUT2D eigenvalue weighted by Gasteiger charge is -2.61. The van der Waals surface area contributed by atoms with E-state index in [1.807, 2.05) is 6.92 Å². The molecule has 0 bridgehead atoms. The summed E-state index contributed by atoms with van der Waals surface area (Å²) in [4.78, 5) is 4.68. The van der Waals surface area contributed by atoms with Gasteiger partial charge in [-0.05, 0) is 46.5 Å². The van der Waals surface area contributed by atoms with Gasteiger partial charge >= 0.3 is 0 Å². The zero-order chi connectivity index (χ0) is 15.8. The molecule has 0 saturated heterocycles. The van der Waals surface area contributed by atoms with Crippen molar-refractivity contribution in [3.05, 3.63) is 0 Å². The number of aliphatic imine (C=N–C) groups is 1. The summed E-state index contributed by atoms with van der Waals surface area (Å²) in [6, 6.07) is 0.516. The molecule has 0 aromatic carbocycles. The highest BCUT2D eigenvalue weighted by Crippen LogP contribution is 2.57. The molecule has 2 aliphatic carbocycles. The minimum absolute atomic E-state index is 0. The summed E-state index contributed by atoms with van der Waals surface area (Å²) in [6.45, 7) is 10.3. The average Bonchev–Trinajstić information content (AvgIpc) is 2.44. The molecule has 0 aromatic heterocycles. The van der Waals surface area contributed by atoms with Gasteiger partial charge in [0.15, 0.2) is 5.96 Å². The molecule has 2 saturated carbocycles. The molecule has 0 radical (unpaired) electrons. The number of halogens is 1. The Morgan fingerprint density at radius 2 is 2.00 bits per heavy atom. The molecular formula is C17H34IN3O2. The summed E-state index contributed by atoms with van der Waals surface area (Å²) in [7, 11) is 0. The van der Waals surface area contributed by atoms with Crippen LogP contribution in [0, 0.1) is 5.41 Å². The molecule has 136 valence electrons. The molecule has 2 unspecified atom stereocenters. The van der Waals surface area contributed by atoms with Crippen molar-refractivity contribution >= 4 is 29.9 Å². The largest absolute Gasteiger partial charge is 0.382 e. The van der Waals surface area contributed by atoms with Crippen molar-refractivity contribution in [2.24, 2.45) is 10.4 Å². The Morgan fingerprint density at radius 3 is 2.57 bits per heavy atom. The summed E-state index contributed by atoms with van der Waals surface area (Å²) in [5.74, 6) is 0.949. The maximum Gasteiger partial charge on any atom is 0.191 e. The molecule has 5 nitrogen and oxygen atoms in total. The zero-order valence-electron chi connectivity index (χ0n) is 14.9. The molecule has 0 aromatic rings. The maximum atomic E-state index is 5.92. The predicted molar refractivity (Wildman–Crippen MR) is 106 cm³/mol. The summed E-state index contributed by atoms with van der Waals surface area (Å²) < 4.78 is 11.3. The predicted octanol–water partition coefficient (Wildman–Crippen LogP) is 2.93. The van der Waals surface area contributed by atoms with Crippen LogP contribution in [0.15, 0.2) is 4.99 Å². The molecule has 1 spiro atoms. The highest BCUT2D eigenvalue weighted by atomic mass is 127. The molecule has 23 heavy (non-hydrogen) atoms. The van der Waals surface area contributed by atoms with Gasteiger partial charge in [-0.25, -0.2) is 0 Å². The lowest BCUT2D eigenvalue weighted by Crippen LogP contribution is -2.68. The van der Waals surface area contributed by atoms with E-state index >= 15 is 0 Å². The Labute approximate surface area is 158 Å². The van der Waals surface area contributed by atoms with Gasteiger partial charge in [-0.15, -0.1) is 24.0 Å². The average molecular weight is 439 g/mol. The van der Waals surface area contributed by atoms with Gasteiger partial charge in [-0.2, -0.15) is 0 Å². The normalized spacial score (nSPS) is 25.3. The second kappa shape index (κ2) is 10.7. The molecule has 0 amide bonds. The SMILES string of the molecule is CCNC(=NCCCOCC)NC1CC(OCC)C12CCC2.I. The van der Waals surface area contributed by atoms with Crippen LogP contribution in [-0.4, -0.2) is 51.0 Å². The number of guanidine groups is 1. The van der Waals surface area contributed by atoms with Crippen LogP contribution in [0.3, 0.4) is 0 Å². The third-order valence-electron chi connectivity index (χ3n) is 5.01. The second-order valence-electron chi connectivity index (χ2n) is 6.27. The fraction of sp³-hybridized carbons (Fsp3) is 0.941. The maximum absolute atomic E-state index is 5.92.